The first-order chi connectivity index (χ1) is 8.04. The Morgan fingerprint density at radius 1 is 1.18 bits per heavy atom. The van der Waals surface area contributed by atoms with E-state index in [2.05, 4.69) is 39.3 Å². The van der Waals surface area contributed by atoms with E-state index in [1.54, 1.807) is 4.88 Å². The van der Waals surface area contributed by atoms with Crippen LogP contribution in [0.5, 0.6) is 0 Å². The summed E-state index contributed by atoms with van der Waals surface area (Å²) in [6, 6.07) is 4.52. The van der Waals surface area contributed by atoms with E-state index in [0.717, 1.165) is 3.93 Å². The van der Waals surface area contributed by atoms with Gasteiger partial charge in [0.2, 0.25) is 0 Å². The zero-order chi connectivity index (χ0) is 12.7. The Morgan fingerprint density at radius 2 is 1.94 bits per heavy atom. The van der Waals surface area contributed by atoms with Crippen LogP contribution in [0.4, 0.5) is 0 Å². The van der Waals surface area contributed by atoms with E-state index in [9.17, 15) is 0 Å². The normalized spacial score (nSPS) is 13.9. The molecule has 2 heteroatoms. The van der Waals surface area contributed by atoms with Crippen molar-refractivity contribution in [1.82, 2.24) is 0 Å². The Balaban J connectivity index is 2.44. The summed E-state index contributed by atoms with van der Waals surface area (Å²) in [5, 5.41) is 2.22. The molecule has 0 bridgehead atoms. The second-order valence-corrected chi connectivity index (χ2v) is 23.1. The topological polar surface area (TPSA) is 0 Å². The van der Waals surface area contributed by atoms with Crippen LogP contribution in [0.1, 0.15) is 43.9 Å². The zero-order valence-electron chi connectivity index (χ0n) is 12.0. The number of thiophene rings is 1. The van der Waals surface area contributed by atoms with Gasteiger partial charge in [0.1, 0.15) is 0 Å². The molecule has 0 spiro atoms. The number of unbranched alkanes of at least 4 members (excludes halogenated alkanes) is 3. The van der Waals surface area contributed by atoms with Gasteiger partial charge in [0, 0.05) is 0 Å². The van der Waals surface area contributed by atoms with Crippen LogP contribution in [-0.4, -0.2) is 18.4 Å². The molecular formula is C15H28SSn. The van der Waals surface area contributed by atoms with Crippen molar-refractivity contribution in [1.29, 1.82) is 0 Å². The van der Waals surface area contributed by atoms with Gasteiger partial charge in [-0.3, -0.25) is 0 Å². The zero-order valence-corrected chi connectivity index (χ0v) is 15.6. The average Bonchev–Trinajstić information content (AvgIpc) is 2.73. The van der Waals surface area contributed by atoms with Crippen molar-refractivity contribution in [2.24, 2.45) is 0 Å². The molecule has 0 radical (unpaired) electrons. The Hall–Kier alpha value is 0.499. The van der Waals surface area contributed by atoms with Crippen molar-refractivity contribution in [3.05, 3.63) is 22.4 Å². The molecule has 98 valence electrons. The van der Waals surface area contributed by atoms with Gasteiger partial charge in [-0.2, -0.15) is 0 Å². The molecule has 0 saturated carbocycles. The van der Waals surface area contributed by atoms with E-state index in [1.807, 2.05) is 11.3 Å². The SMILES string of the molecule is CCCCCC[CH](Cc1cccs1)[Sn]([CH3])([CH3])[CH3]. The molecule has 0 amide bonds. The summed E-state index contributed by atoms with van der Waals surface area (Å²) in [6.45, 7) is 2.30. The van der Waals surface area contributed by atoms with Crippen molar-refractivity contribution >= 4 is 29.7 Å². The Morgan fingerprint density at radius 3 is 2.47 bits per heavy atom. The molecule has 1 atom stereocenters. The van der Waals surface area contributed by atoms with E-state index in [1.165, 1.54) is 38.5 Å². The maximum atomic E-state index is 2.60. The third-order valence-corrected chi connectivity index (χ3v) is 13.0. The van der Waals surface area contributed by atoms with Gasteiger partial charge in [-0.15, -0.1) is 0 Å². The second-order valence-electron chi connectivity index (χ2n) is 6.20. The van der Waals surface area contributed by atoms with E-state index < -0.39 is 18.4 Å². The van der Waals surface area contributed by atoms with Crippen LogP contribution in [0.25, 0.3) is 0 Å². The number of hydrogen-bond acceptors (Lipinski definition) is 1. The van der Waals surface area contributed by atoms with Gasteiger partial charge < -0.3 is 0 Å². The summed E-state index contributed by atoms with van der Waals surface area (Å²) < 4.78 is 1.04. The fourth-order valence-electron chi connectivity index (χ4n) is 2.33. The van der Waals surface area contributed by atoms with E-state index in [0.29, 0.717) is 0 Å². The quantitative estimate of drug-likeness (QED) is 0.396. The molecule has 1 rings (SSSR count). The van der Waals surface area contributed by atoms with Crippen LogP contribution in [0.2, 0.25) is 18.8 Å². The molecule has 0 aliphatic heterocycles. The molecule has 1 heterocycles. The Labute approximate surface area is 116 Å². The Bertz CT molecular complexity index is 284. The fourth-order valence-corrected chi connectivity index (χ4v) is 8.97. The molecule has 0 saturated heterocycles. The van der Waals surface area contributed by atoms with Gasteiger partial charge in [-0.25, -0.2) is 0 Å². The number of rotatable bonds is 8. The first-order valence-corrected chi connectivity index (χ1v) is 18.2. The van der Waals surface area contributed by atoms with Crippen molar-refractivity contribution < 1.29 is 0 Å². The molecule has 1 aromatic rings. The maximum absolute atomic E-state index is 2.60. The first-order valence-electron chi connectivity index (χ1n) is 7.06. The standard InChI is InChI=1S/C12H19S.3CH3.Sn/c1-2-3-4-5-6-7-9-12-10-8-11-13-12;;;;/h7-8,10-11H,2-6,9H2,1H3;3*1H3;. The van der Waals surface area contributed by atoms with Gasteiger partial charge in [0.25, 0.3) is 0 Å². The van der Waals surface area contributed by atoms with Crippen LogP contribution in [0.15, 0.2) is 17.5 Å². The van der Waals surface area contributed by atoms with Crippen LogP contribution >= 0.6 is 11.3 Å². The molecule has 17 heavy (non-hydrogen) atoms. The summed E-state index contributed by atoms with van der Waals surface area (Å²) in [5.41, 5.74) is 0. The van der Waals surface area contributed by atoms with Gasteiger partial charge in [-0.05, 0) is 0 Å². The van der Waals surface area contributed by atoms with Crippen molar-refractivity contribution in [2.75, 3.05) is 0 Å². The van der Waals surface area contributed by atoms with Crippen molar-refractivity contribution in [2.45, 2.75) is 64.2 Å². The summed E-state index contributed by atoms with van der Waals surface area (Å²) in [7, 11) is 0. The molecule has 1 unspecified atom stereocenters. The molecule has 0 aromatic carbocycles. The predicted octanol–water partition coefficient (Wildman–Crippen LogP) is 5.97. The molecular weight excluding hydrogens is 331 g/mol. The van der Waals surface area contributed by atoms with Crippen molar-refractivity contribution in [3.63, 3.8) is 0 Å². The molecule has 0 N–H and O–H groups in total. The molecule has 0 nitrogen and oxygen atoms in total. The summed E-state index contributed by atoms with van der Waals surface area (Å²) >= 11 is 0.213. The molecule has 0 aliphatic rings. The van der Waals surface area contributed by atoms with Crippen LogP contribution in [0, 0.1) is 0 Å². The molecule has 1 aromatic heterocycles. The Kier molecular flexibility index (Phi) is 7.16. The van der Waals surface area contributed by atoms with E-state index in [-0.39, 0.29) is 0 Å². The number of hydrogen-bond donors (Lipinski definition) is 0. The van der Waals surface area contributed by atoms with Gasteiger partial charge in [0.05, 0.1) is 0 Å². The monoisotopic (exact) mass is 360 g/mol. The summed E-state index contributed by atoms with van der Waals surface area (Å²) in [4.78, 5) is 9.42. The van der Waals surface area contributed by atoms with E-state index >= 15 is 0 Å². The summed E-state index contributed by atoms with van der Waals surface area (Å²) in [5.74, 6) is 0. The van der Waals surface area contributed by atoms with Gasteiger partial charge in [0.15, 0.2) is 0 Å². The second kappa shape index (κ2) is 7.83. The van der Waals surface area contributed by atoms with Crippen LogP contribution < -0.4 is 0 Å². The first kappa shape index (κ1) is 15.6. The molecule has 0 aliphatic carbocycles. The minimum atomic E-state index is -1.73. The minimum absolute atomic E-state index is 1.04. The van der Waals surface area contributed by atoms with Crippen molar-refractivity contribution in [3.8, 4) is 0 Å². The molecule has 0 fully saturated rings. The van der Waals surface area contributed by atoms with Gasteiger partial charge in [-0.1, -0.05) is 0 Å². The average molecular weight is 359 g/mol. The van der Waals surface area contributed by atoms with Gasteiger partial charge >= 0.3 is 116 Å². The summed E-state index contributed by atoms with van der Waals surface area (Å²) in [6.07, 6.45) is 8.53. The van der Waals surface area contributed by atoms with Crippen LogP contribution in [-0.2, 0) is 6.42 Å². The fraction of sp³-hybridized carbons (Fsp3) is 0.733. The predicted molar refractivity (Wildman–Crippen MR) is 83.9 cm³/mol. The third-order valence-electron chi connectivity index (χ3n) is 3.66. The third kappa shape index (κ3) is 6.28. The van der Waals surface area contributed by atoms with Crippen LogP contribution in [0.3, 0.4) is 0 Å². The van der Waals surface area contributed by atoms with E-state index in [4.69, 9.17) is 0 Å².